The molecule has 0 amide bonds. The minimum atomic E-state index is -0.648. The monoisotopic (exact) mass is 327 g/mol. The van der Waals surface area contributed by atoms with Crippen LogP contribution in [0, 0.1) is 0 Å². The van der Waals surface area contributed by atoms with Crippen LogP contribution in [-0.4, -0.2) is 31.3 Å². The molecule has 1 N–H and O–H groups in total. The minimum Gasteiger partial charge on any atom is -0.464 e. The average Bonchev–Trinajstić information content (AvgIpc) is 2.36. The van der Waals surface area contributed by atoms with E-state index in [0.717, 1.165) is 10.2 Å². The van der Waals surface area contributed by atoms with Crippen LogP contribution in [0.5, 0.6) is 0 Å². The molecule has 1 aliphatic rings. The van der Waals surface area contributed by atoms with E-state index in [2.05, 4.69) is 21.2 Å². The summed E-state index contributed by atoms with van der Waals surface area (Å²) < 4.78 is 11.4. The summed E-state index contributed by atoms with van der Waals surface area (Å²) in [5.41, 5.74) is 0.260. The van der Waals surface area contributed by atoms with E-state index in [-0.39, 0.29) is 12.1 Å². The van der Waals surface area contributed by atoms with Gasteiger partial charge in [-0.15, -0.1) is 0 Å². The molecule has 19 heavy (non-hydrogen) atoms. The van der Waals surface area contributed by atoms with Gasteiger partial charge in [0.25, 0.3) is 0 Å². The topological polar surface area (TPSA) is 47.6 Å². The van der Waals surface area contributed by atoms with E-state index in [1.165, 1.54) is 0 Å². The van der Waals surface area contributed by atoms with Gasteiger partial charge in [-0.05, 0) is 31.2 Å². The number of rotatable bonds is 5. The van der Waals surface area contributed by atoms with Crippen molar-refractivity contribution in [3.8, 4) is 0 Å². The minimum absolute atomic E-state index is 0.118. The van der Waals surface area contributed by atoms with E-state index in [1.54, 1.807) is 7.11 Å². The Morgan fingerprint density at radius 1 is 1.42 bits per heavy atom. The Labute approximate surface area is 121 Å². The molecule has 0 heterocycles. The van der Waals surface area contributed by atoms with Crippen LogP contribution in [0.3, 0.4) is 0 Å². The zero-order valence-corrected chi connectivity index (χ0v) is 12.7. The second-order valence-corrected chi connectivity index (χ2v) is 5.62. The van der Waals surface area contributed by atoms with Crippen molar-refractivity contribution < 1.29 is 14.3 Å². The molecule has 0 aliphatic heterocycles. The van der Waals surface area contributed by atoms with E-state index >= 15 is 0 Å². The number of esters is 1. The van der Waals surface area contributed by atoms with E-state index < -0.39 is 5.54 Å². The Kier molecular flexibility index (Phi) is 4.47. The third kappa shape index (κ3) is 3.09. The first-order valence-electron chi connectivity index (χ1n) is 6.33. The molecular formula is C14H18BrNO3. The van der Waals surface area contributed by atoms with E-state index in [4.69, 9.17) is 9.47 Å². The molecule has 104 valence electrons. The maximum absolute atomic E-state index is 12.1. The molecular weight excluding hydrogens is 310 g/mol. The predicted molar refractivity (Wildman–Crippen MR) is 77.2 cm³/mol. The van der Waals surface area contributed by atoms with Crippen LogP contribution >= 0.6 is 15.9 Å². The second-order valence-electron chi connectivity index (χ2n) is 4.70. The van der Waals surface area contributed by atoms with Gasteiger partial charge in [0.2, 0.25) is 0 Å². The molecule has 0 saturated heterocycles. The highest BCUT2D eigenvalue weighted by atomic mass is 79.9. The lowest BCUT2D eigenvalue weighted by atomic mass is 9.74. The van der Waals surface area contributed by atoms with Crippen molar-refractivity contribution in [3.63, 3.8) is 0 Å². The van der Waals surface area contributed by atoms with Crippen LogP contribution < -0.4 is 5.32 Å². The van der Waals surface area contributed by atoms with Gasteiger partial charge in [-0.25, -0.2) is 4.79 Å². The van der Waals surface area contributed by atoms with Crippen molar-refractivity contribution >= 4 is 27.6 Å². The standard InChI is InChI=1S/C14H18BrNO3/c1-3-19-13(17)14(8-12(9-14)18-2)16-11-6-4-10(15)5-7-11/h4-7,12,16H,3,8-9H2,1-2H3. The first-order valence-corrected chi connectivity index (χ1v) is 7.12. The van der Waals surface area contributed by atoms with E-state index in [9.17, 15) is 4.79 Å². The van der Waals surface area contributed by atoms with Gasteiger partial charge in [-0.3, -0.25) is 0 Å². The normalized spacial score (nSPS) is 25.5. The van der Waals surface area contributed by atoms with Gasteiger partial charge in [-0.1, -0.05) is 15.9 Å². The maximum atomic E-state index is 12.1. The summed E-state index contributed by atoms with van der Waals surface area (Å²) >= 11 is 3.39. The lowest BCUT2D eigenvalue weighted by Crippen LogP contribution is -2.59. The van der Waals surface area contributed by atoms with Crippen molar-refractivity contribution in [2.75, 3.05) is 19.0 Å². The Morgan fingerprint density at radius 3 is 2.58 bits per heavy atom. The number of halogens is 1. The number of hydrogen-bond donors (Lipinski definition) is 1. The van der Waals surface area contributed by atoms with Crippen molar-refractivity contribution in [3.05, 3.63) is 28.7 Å². The molecule has 0 atom stereocenters. The highest BCUT2D eigenvalue weighted by Crippen LogP contribution is 2.38. The number of hydrogen-bond acceptors (Lipinski definition) is 4. The second kappa shape index (κ2) is 5.92. The molecule has 0 aromatic heterocycles. The lowest BCUT2D eigenvalue weighted by Gasteiger charge is -2.45. The number of carbonyl (C=O) groups is 1. The molecule has 5 heteroatoms. The molecule has 0 radical (unpaired) electrons. The van der Waals surface area contributed by atoms with Crippen molar-refractivity contribution in [1.82, 2.24) is 0 Å². The summed E-state index contributed by atoms with van der Waals surface area (Å²) in [4.78, 5) is 12.1. The van der Waals surface area contributed by atoms with Gasteiger partial charge in [0, 0.05) is 30.1 Å². The fourth-order valence-electron chi connectivity index (χ4n) is 2.28. The van der Waals surface area contributed by atoms with Gasteiger partial charge in [-0.2, -0.15) is 0 Å². The molecule has 0 bridgehead atoms. The molecule has 4 nitrogen and oxygen atoms in total. The summed E-state index contributed by atoms with van der Waals surface area (Å²) in [7, 11) is 1.67. The Balaban J connectivity index is 2.11. The zero-order chi connectivity index (χ0) is 13.9. The molecule has 1 saturated carbocycles. The SMILES string of the molecule is CCOC(=O)C1(Nc2ccc(Br)cc2)CC(OC)C1. The first kappa shape index (κ1) is 14.3. The summed E-state index contributed by atoms with van der Waals surface area (Å²) in [5.74, 6) is -0.203. The molecule has 2 rings (SSSR count). The molecule has 1 aliphatic carbocycles. The van der Waals surface area contributed by atoms with Crippen LogP contribution in [0.15, 0.2) is 28.7 Å². The van der Waals surface area contributed by atoms with E-state index in [1.807, 2.05) is 31.2 Å². The van der Waals surface area contributed by atoms with Gasteiger partial charge in [0.15, 0.2) is 0 Å². The Bertz CT molecular complexity index is 441. The smallest absolute Gasteiger partial charge is 0.331 e. The summed E-state index contributed by atoms with van der Waals surface area (Å²) in [6, 6.07) is 7.75. The highest BCUT2D eigenvalue weighted by molar-refractivity contribution is 9.10. The average molecular weight is 328 g/mol. The van der Waals surface area contributed by atoms with Crippen molar-refractivity contribution in [1.29, 1.82) is 0 Å². The number of carbonyl (C=O) groups excluding carboxylic acids is 1. The number of methoxy groups -OCH3 is 1. The maximum Gasteiger partial charge on any atom is 0.331 e. The van der Waals surface area contributed by atoms with Gasteiger partial charge >= 0.3 is 5.97 Å². The van der Waals surface area contributed by atoms with E-state index in [0.29, 0.717) is 19.4 Å². The quantitative estimate of drug-likeness (QED) is 0.844. The fourth-order valence-corrected chi connectivity index (χ4v) is 2.55. The largest absolute Gasteiger partial charge is 0.464 e. The Hall–Kier alpha value is -1.07. The van der Waals surface area contributed by atoms with Crippen molar-refractivity contribution in [2.24, 2.45) is 0 Å². The third-order valence-corrected chi connectivity index (χ3v) is 3.91. The van der Waals surface area contributed by atoms with Crippen LogP contribution in [0.25, 0.3) is 0 Å². The fraction of sp³-hybridized carbons (Fsp3) is 0.500. The molecule has 0 spiro atoms. The lowest BCUT2D eigenvalue weighted by molar-refractivity contribution is -0.157. The number of nitrogens with one attached hydrogen (secondary N) is 1. The Morgan fingerprint density at radius 2 is 2.05 bits per heavy atom. The van der Waals surface area contributed by atoms with Gasteiger partial charge < -0.3 is 14.8 Å². The summed E-state index contributed by atoms with van der Waals surface area (Å²) in [6.07, 6.45) is 1.39. The summed E-state index contributed by atoms with van der Waals surface area (Å²) in [5, 5.41) is 3.29. The number of benzene rings is 1. The van der Waals surface area contributed by atoms with Crippen molar-refractivity contribution in [2.45, 2.75) is 31.4 Å². The summed E-state index contributed by atoms with van der Waals surface area (Å²) in [6.45, 7) is 2.21. The predicted octanol–water partition coefficient (Wildman–Crippen LogP) is 2.97. The first-order chi connectivity index (χ1) is 9.09. The molecule has 1 aromatic carbocycles. The highest BCUT2D eigenvalue weighted by Gasteiger charge is 2.52. The molecule has 1 aromatic rings. The number of anilines is 1. The van der Waals surface area contributed by atoms with Crippen LogP contribution in [0.2, 0.25) is 0 Å². The molecule has 0 unspecified atom stereocenters. The third-order valence-electron chi connectivity index (χ3n) is 3.38. The molecule has 1 fully saturated rings. The van der Waals surface area contributed by atoms with Gasteiger partial charge in [0.05, 0.1) is 12.7 Å². The zero-order valence-electron chi connectivity index (χ0n) is 11.1. The number of ether oxygens (including phenoxy) is 2. The van der Waals surface area contributed by atoms with Gasteiger partial charge in [0.1, 0.15) is 5.54 Å². The van der Waals surface area contributed by atoms with Crippen LogP contribution in [0.1, 0.15) is 19.8 Å². The van der Waals surface area contributed by atoms with Crippen LogP contribution in [-0.2, 0) is 14.3 Å². The van der Waals surface area contributed by atoms with Crippen LogP contribution in [0.4, 0.5) is 5.69 Å².